The molecular formula is C22H18F3NO. The summed E-state index contributed by atoms with van der Waals surface area (Å²) in [6.45, 7) is 0. The fourth-order valence-electron chi connectivity index (χ4n) is 3.06. The molecule has 3 rings (SSSR count). The van der Waals surface area contributed by atoms with E-state index in [0.717, 1.165) is 23.3 Å². The van der Waals surface area contributed by atoms with Crippen molar-refractivity contribution in [3.05, 3.63) is 107 Å². The summed E-state index contributed by atoms with van der Waals surface area (Å²) in [4.78, 5) is 0. The summed E-state index contributed by atoms with van der Waals surface area (Å²) in [5.41, 5.74) is 2.14. The SMILES string of the molecule is O/N=C(/CC(c1ccccc1)c1ccccc1)c1ccc(C(F)(F)F)cc1. The van der Waals surface area contributed by atoms with Gasteiger partial charge in [-0.3, -0.25) is 0 Å². The first-order valence-corrected chi connectivity index (χ1v) is 8.47. The van der Waals surface area contributed by atoms with Crippen LogP contribution in [0.4, 0.5) is 13.2 Å². The minimum Gasteiger partial charge on any atom is -0.411 e. The maximum atomic E-state index is 12.8. The van der Waals surface area contributed by atoms with Crippen LogP contribution < -0.4 is 0 Å². The van der Waals surface area contributed by atoms with Crippen molar-refractivity contribution in [2.75, 3.05) is 0 Å². The Hall–Kier alpha value is -3.08. The molecule has 0 radical (unpaired) electrons. The van der Waals surface area contributed by atoms with Crippen LogP contribution in [0, 0.1) is 0 Å². The first-order chi connectivity index (χ1) is 13.0. The topological polar surface area (TPSA) is 32.6 Å². The molecule has 138 valence electrons. The van der Waals surface area contributed by atoms with Gasteiger partial charge in [0.2, 0.25) is 0 Å². The van der Waals surface area contributed by atoms with Crippen molar-refractivity contribution in [2.24, 2.45) is 5.16 Å². The summed E-state index contributed by atoms with van der Waals surface area (Å²) in [5, 5.41) is 12.9. The Labute approximate surface area is 155 Å². The molecule has 3 aromatic rings. The number of hydrogen-bond donors (Lipinski definition) is 1. The molecule has 1 N–H and O–H groups in total. The second kappa shape index (κ2) is 8.08. The van der Waals surface area contributed by atoms with Crippen LogP contribution in [0.25, 0.3) is 0 Å². The monoisotopic (exact) mass is 369 g/mol. The third-order valence-corrected chi connectivity index (χ3v) is 4.47. The summed E-state index contributed by atoms with van der Waals surface area (Å²) < 4.78 is 38.3. The minimum absolute atomic E-state index is 0.0828. The summed E-state index contributed by atoms with van der Waals surface area (Å²) in [6.07, 6.45) is -4.04. The van der Waals surface area contributed by atoms with Crippen LogP contribution >= 0.6 is 0 Å². The Morgan fingerprint density at radius 3 is 1.67 bits per heavy atom. The van der Waals surface area contributed by atoms with E-state index in [1.807, 2.05) is 60.7 Å². The average molecular weight is 369 g/mol. The van der Waals surface area contributed by atoms with Gasteiger partial charge in [-0.2, -0.15) is 13.2 Å². The van der Waals surface area contributed by atoms with Crippen molar-refractivity contribution in [1.29, 1.82) is 0 Å². The van der Waals surface area contributed by atoms with Crippen molar-refractivity contribution in [3.8, 4) is 0 Å². The van der Waals surface area contributed by atoms with Crippen molar-refractivity contribution in [3.63, 3.8) is 0 Å². The van der Waals surface area contributed by atoms with Gasteiger partial charge in [-0.05, 0) is 28.8 Å². The highest BCUT2D eigenvalue weighted by Crippen LogP contribution is 2.32. The normalized spacial score (nSPS) is 12.4. The lowest BCUT2D eigenvalue weighted by Gasteiger charge is -2.19. The van der Waals surface area contributed by atoms with Crippen LogP contribution in [0.15, 0.2) is 90.1 Å². The largest absolute Gasteiger partial charge is 0.416 e. The first-order valence-electron chi connectivity index (χ1n) is 8.47. The average Bonchev–Trinajstić information content (AvgIpc) is 2.70. The number of benzene rings is 3. The lowest BCUT2D eigenvalue weighted by atomic mass is 9.85. The maximum absolute atomic E-state index is 12.8. The van der Waals surface area contributed by atoms with Gasteiger partial charge < -0.3 is 5.21 Å². The zero-order chi connectivity index (χ0) is 19.3. The molecule has 0 aliphatic carbocycles. The zero-order valence-corrected chi connectivity index (χ0v) is 14.4. The van der Waals surface area contributed by atoms with Crippen LogP contribution in [0.1, 0.15) is 34.6 Å². The van der Waals surface area contributed by atoms with E-state index in [1.54, 1.807) is 0 Å². The lowest BCUT2D eigenvalue weighted by molar-refractivity contribution is -0.137. The van der Waals surface area contributed by atoms with E-state index in [9.17, 15) is 18.4 Å². The molecule has 0 saturated heterocycles. The van der Waals surface area contributed by atoms with Gasteiger partial charge in [0.1, 0.15) is 0 Å². The molecule has 0 unspecified atom stereocenters. The number of rotatable bonds is 5. The molecule has 0 amide bonds. The molecule has 0 aliphatic rings. The molecule has 0 saturated carbocycles. The Bertz CT molecular complexity index is 849. The molecule has 0 atom stereocenters. The van der Waals surface area contributed by atoms with Crippen molar-refractivity contribution in [1.82, 2.24) is 0 Å². The van der Waals surface area contributed by atoms with Gasteiger partial charge in [-0.25, -0.2) is 0 Å². The Kier molecular flexibility index (Phi) is 5.60. The van der Waals surface area contributed by atoms with E-state index < -0.39 is 11.7 Å². The van der Waals surface area contributed by atoms with Crippen LogP contribution in [0.2, 0.25) is 0 Å². The van der Waals surface area contributed by atoms with Gasteiger partial charge in [0, 0.05) is 12.3 Å². The van der Waals surface area contributed by atoms with E-state index in [-0.39, 0.29) is 5.92 Å². The molecule has 0 bridgehead atoms. The summed E-state index contributed by atoms with van der Waals surface area (Å²) in [7, 11) is 0. The number of halogens is 3. The van der Waals surface area contributed by atoms with Crippen molar-refractivity contribution < 1.29 is 18.4 Å². The molecule has 0 spiro atoms. The summed E-state index contributed by atoms with van der Waals surface area (Å²) in [6, 6.07) is 24.2. The number of nitrogens with zero attached hydrogens (tertiary/aromatic N) is 1. The molecular weight excluding hydrogens is 351 g/mol. The van der Waals surface area contributed by atoms with Crippen LogP contribution in [0.3, 0.4) is 0 Å². The highest BCUT2D eigenvalue weighted by molar-refractivity contribution is 6.00. The fourth-order valence-corrected chi connectivity index (χ4v) is 3.06. The fraction of sp³-hybridized carbons (Fsp3) is 0.136. The molecule has 0 heterocycles. The number of oxime groups is 1. The van der Waals surface area contributed by atoms with Crippen molar-refractivity contribution in [2.45, 2.75) is 18.5 Å². The van der Waals surface area contributed by atoms with Gasteiger partial charge in [0.25, 0.3) is 0 Å². The predicted molar refractivity (Wildman–Crippen MR) is 99.1 cm³/mol. The first kappa shape index (κ1) is 18.7. The number of alkyl halides is 3. The molecule has 0 fully saturated rings. The Balaban J connectivity index is 1.92. The Morgan fingerprint density at radius 1 is 0.778 bits per heavy atom. The van der Waals surface area contributed by atoms with Gasteiger partial charge in [-0.15, -0.1) is 0 Å². The predicted octanol–water partition coefficient (Wildman–Crippen LogP) is 6.11. The quantitative estimate of drug-likeness (QED) is 0.329. The second-order valence-electron chi connectivity index (χ2n) is 6.20. The second-order valence-corrected chi connectivity index (χ2v) is 6.20. The van der Waals surface area contributed by atoms with Crippen LogP contribution in [-0.4, -0.2) is 10.9 Å². The van der Waals surface area contributed by atoms with Crippen LogP contribution in [0.5, 0.6) is 0 Å². The number of hydrogen-bond acceptors (Lipinski definition) is 2. The van der Waals surface area contributed by atoms with E-state index >= 15 is 0 Å². The minimum atomic E-state index is -4.40. The molecule has 5 heteroatoms. The maximum Gasteiger partial charge on any atom is 0.416 e. The lowest BCUT2D eigenvalue weighted by Crippen LogP contribution is -2.11. The van der Waals surface area contributed by atoms with E-state index in [1.165, 1.54) is 12.1 Å². The summed E-state index contributed by atoms with van der Waals surface area (Å²) in [5.74, 6) is -0.0828. The molecule has 27 heavy (non-hydrogen) atoms. The third kappa shape index (κ3) is 4.56. The highest BCUT2D eigenvalue weighted by Gasteiger charge is 2.30. The van der Waals surface area contributed by atoms with Gasteiger partial charge in [0.15, 0.2) is 0 Å². The molecule has 0 aromatic heterocycles. The van der Waals surface area contributed by atoms with Gasteiger partial charge >= 0.3 is 6.18 Å². The third-order valence-electron chi connectivity index (χ3n) is 4.47. The van der Waals surface area contributed by atoms with E-state index in [0.29, 0.717) is 17.7 Å². The Morgan fingerprint density at radius 2 is 1.26 bits per heavy atom. The van der Waals surface area contributed by atoms with E-state index in [2.05, 4.69) is 5.16 Å². The smallest absolute Gasteiger partial charge is 0.411 e. The highest BCUT2D eigenvalue weighted by atomic mass is 19.4. The molecule has 2 nitrogen and oxygen atoms in total. The summed E-state index contributed by atoms with van der Waals surface area (Å²) >= 11 is 0. The van der Waals surface area contributed by atoms with Gasteiger partial charge in [-0.1, -0.05) is 78.0 Å². The zero-order valence-electron chi connectivity index (χ0n) is 14.4. The van der Waals surface area contributed by atoms with Gasteiger partial charge in [0.05, 0.1) is 11.3 Å². The standard InChI is InChI=1S/C22H18F3NO/c23-22(24,25)19-13-11-18(12-14-19)21(26-27)15-20(16-7-3-1-4-8-16)17-9-5-2-6-10-17/h1-14,20,27H,15H2/b26-21-. The molecule has 3 aromatic carbocycles. The van der Waals surface area contributed by atoms with Crippen LogP contribution in [-0.2, 0) is 6.18 Å². The van der Waals surface area contributed by atoms with Crippen molar-refractivity contribution >= 4 is 5.71 Å². The molecule has 0 aliphatic heterocycles. The van der Waals surface area contributed by atoms with E-state index in [4.69, 9.17) is 0 Å².